The topological polar surface area (TPSA) is 187 Å². The maximum absolute atomic E-state index is 11.4. The number of cyclic esters (lactones) is 1. The van der Waals surface area contributed by atoms with Gasteiger partial charge in [-0.1, -0.05) is 121 Å². The van der Waals surface area contributed by atoms with Crippen LogP contribution in [-0.4, -0.2) is 72.8 Å². The maximum atomic E-state index is 11.4. The van der Waals surface area contributed by atoms with Crippen LogP contribution in [0, 0.1) is 6.92 Å². The van der Waals surface area contributed by atoms with E-state index in [1.807, 2.05) is 86.6 Å². The van der Waals surface area contributed by atoms with Crippen molar-refractivity contribution < 1.29 is 47.7 Å². The van der Waals surface area contributed by atoms with Gasteiger partial charge in [0.1, 0.15) is 46.2 Å². The number of carbonyl (C=O) groups excluding carboxylic acids is 1. The number of aliphatic hydroxyl groups is 1. The third-order valence-corrected chi connectivity index (χ3v) is 10.0. The van der Waals surface area contributed by atoms with E-state index < -0.39 is 20.0 Å². The molecule has 2 fully saturated rings. The van der Waals surface area contributed by atoms with Gasteiger partial charge in [0, 0.05) is 20.9 Å². The average molecular weight is 956 g/mol. The number of hydrogen-bond acceptors (Lipinski definition) is 12. The summed E-state index contributed by atoms with van der Waals surface area (Å²) in [5.41, 5.74) is 15.5. The zero-order valence-corrected chi connectivity index (χ0v) is 40.7. The van der Waals surface area contributed by atoms with Gasteiger partial charge in [-0.15, -0.1) is 0 Å². The summed E-state index contributed by atoms with van der Waals surface area (Å²) in [6.45, 7) is 19.9. The molecule has 2 aromatic carbocycles. The first-order valence-corrected chi connectivity index (χ1v) is 25.9. The van der Waals surface area contributed by atoms with Crippen LogP contribution in [0.15, 0.2) is 102 Å². The summed E-state index contributed by atoms with van der Waals surface area (Å²) in [4.78, 5) is 19.3. The Labute approximate surface area is 401 Å². The number of ether oxygens (including phenoxy) is 4. The number of fused-ring (bicyclic) bond motifs is 2. The Balaban J connectivity index is 0.000000317. The molecule has 5 atom stereocenters. The zero-order chi connectivity index (χ0) is 45.3. The van der Waals surface area contributed by atoms with Crippen molar-refractivity contribution in [1.82, 2.24) is 29.2 Å². The van der Waals surface area contributed by atoms with Crippen LogP contribution in [0.25, 0.3) is 11.0 Å². The number of aromatic nitrogens is 6. The number of nitrogen functional groups attached to an aromatic ring is 2. The molecule has 0 radical (unpaired) electrons. The summed E-state index contributed by atoms with van der Waals surface area (Å²) in [6, 6.07) is 27.0. The first-order chi connectivity index (χ1) is 29.6. The zero-order valence-electron chi connectivity index (χ0n) is 38.1. The second-order valence-corrected chi connectivity index (χ2v) is 23.3. The van der Waals surface area contributed by atoms with E-state index in [-0.39, 0.29) is 50.6 Å². The Hall–Kier alpha value is -4.12. The van der Waals surface area contributed by atoms with Crippen LogP contribution in [0.5, 0.6) is 0 Å². The second kappa shape index (κ2) is 27.4. The van der Waals surface area contributed by atoms with Gasteiger partial charge in [0.25, 0.3) is 0 Å². The van der Waals surface area contributed by atoms with E-state index in [9.17, 15) is 9.90 Å². The van der Waals surface area contributed by atoms with Gasteiger partial charge in [-0.2, -0.15) is 16.6 Å². The molecule has 0 saturated carbocycles. The largest absolute Gasteiger partial charge is 1.00 e. The number of unbranched alkanes of at least 4 members (excludes halogenated alkanes) is 1. The molecule has 0 spiro atoms. The predicted molar refractivity (Wildman–Crippen MR) is 257 cm³/mol. The van der Waals surface area contributed by atoms with Crippen LogP contribution in [0.3, 0.4) is 0 Å². The predicted octanol–water partition coefficient (Wildman–Crippen LogP) is 6.83. The minimum Gasteiger partial charge on any atom is -0.460 e. The van der Waals surface area contributed by atoms with Crippen LogP contribution >= 0.6 is 15.9 Å². The van der Waals surface area contributed by atoms with E-state index in [0.29, 0.717) is 48.9 Å². The summed E-state index contributed by atoms with van der Waals surface area (Å²) in [5, 5.41) is 19.6. The number of nitrogens with two attached hydrogens (primary N) is 2. The van der Waals surface area contributed by atoms with E-state index >= 15 is 0 Å². The number of nitrogens with zero attached hydrogens (tertiary/aromatic N) is 6. The van der Waals surface area contributed by atoms with E-state index in [1.54, 1.807) is 21.2 Å². The number of halogens is 1. The second-order valence-electron chi connectivity index (χ2n) is 16.5. The Kier molecular flexibility index (Phi) is 24.0. The first kappa shape index (κ1) is 56.0. The quantitative estimate of drug-likeness (QED) is 0.0740. The molecule has 2 aliphatic rings. The molecule has 64 heavy (non-hydrogen) atoms. The molecular weight excluding hydrogens is 887 g/mol. The summed E-state index contributed by atoms with van der Waals surface area (Å²) in [7, 11) is -0.611. The normalized spacial score (nSPS) is 19.8. The van der Waals surface area contributed by atoms with Gasteiger partial charge in [-0.25, -0.2) is 23.8 Å². The Morgan fingerprint density at radius 3 is 1.77 bits per heavy atom. The van der Waals surface area contributed by atoms with Gasteiger partial charge >= 0.3 is 24.8 Å². The maximum Gasteiger partial charge on any atom is 1.00 e. The standard InChI is InChI=1S/C19H22N4O3.C13H16O3.C6H5BrN4.C4H12Si.C4H9.CH4.Li/c1-2-14-10-17(25-11-13-6-4-3-5-7-13)19(24,26-14)16-9-8-15-18(20)21-12-22-23(15)16;1-2-11-8-12(13(14)16-11)15-9-10-6-4-3-5-7-10;7-5-2-1-4-6(8)9-3-10-11(4)5;1-5(2,3)4;1-3-4-2;;/h3-9,12,14,17,24H,2,10-11H2,1H3,(H2,20,21,22);3-7,11-12H,2,8-9H2,1H3;1-3H,(H2,8,9,10);1-4H3;1,3-4H2,2H3;1H4;/q;;;;-1;;+1/t14-,17-,19?;11-,12-;;;;;/m11...../s1. The van der Waals surface area contributed by atoms with Crippen LogP contribution in [0.2, 0.25) is 26.2 Å². The Morgan fingerprint density at radius 1 is 0.797 bits per heavy atom. The molecule has 17 heteroatoms. The molecule has 0 bridgehead atoms. The van der Waals surface area contributed by atoms with Crippen LogP contribution < -0.4 is 30.3 Å². The minimum atomic E-state index is -1.59. The van der Waals surface area contributed by atoms with Gasteiger partial charge in [0.05, 0.1) is 19.3 Å². The molecule has 0 aliphatic carbocycles. The fourth-order valence-electron chi connectivity index (χ4n) is 6.13. The number of benzene rings is 2. The van der Waals surface area contributed by atoms with E-state index in [2.05, 4.69) is 76.1 Å². The van der Waals surface area contributed by atoms with Gasteiger partial charge < -0.3 is 42.4 Å². The third kappa shape index (κ3) is 16.7. The third-order valence-electron chi connectivity index (χ3n) is 9.42. The summed E-state index contributed by atoms with van der Waals surface area (Å²) in [6.07, 6.45) is 7.04. The Morgan fingerprint density at radius 2 is 1.28 bits per heavy atom. The van der Waals surface area contributed by atoms with Crippen LogP contribution in [0.4, 0.5) is 11.6 Å². The van der Waals surface area contributed by atoms with E-state index in [1.165, 1.54) is 19.1 Å². The molecule has 2 saturated heterocycles. The summed E-state index contributed by atoms with van der Waals surface area (Å²) < 4.78 is 26.9. The Bertz CT molecular complexity index is 2240. The molecule has 4 aromatic heterocycles. The molecule has 0 amide bonds. The fourth-order valence-corrected chi connectivity index (χ4v) is 6.54. The number of carbonyl (C=O) groups is 1. The van der Waals surface area contributed by atoms with E-state index in [0.717, 1.165) is 40.5 Å². The van der Waals surface area contributed by atoms with Gasteiger partial charge in [0.2, 0.25) is 5.79 Å². The van der Waals surface area contributed by atoms with Crippen molar-refractivity contribution in [3.05, 3.63) is 126 Å². The molecular formula is C47H68BrLiN8O6Si. The SMILES string of the molecule is C.CC[C@@H]1C[C@@H](OCc2ccccc2)C(=O)O1.CC[C@@H]1C[C@@H](OCc2ccccc2)C(O)(c2ccc3c(N)ncnn23)O1.C[Si](C)(C)C.Nc1ncnn2c(Br)ccc12.[CH2-]CCC.[Li+]. The molecule has 6 aromatic rings. The molecule has 1 unspecified atom stereocenters. The fraction of sp³-hybridized carbons (Fsp3) is 0.447. The van der Waals surface area contributed by atoms with E-state index in [4.69, 9.17) is 30.4 Å². The van der Waals surface area contributed by atoms with Crippen molar-refractivity contribution in [2.24, 2.45) is 0 Å². The summed E-state index contributed by atoms with van der Waals surface area (Å²) in [5.74, 6) is -0.974. The number of rotatable bonds is 10. The molecule has 5 N–H and O–H groups in total. The van der Waals surface area contributed by atoms with Crippen molar-refractivity contribution in [2.45, 2.75) is 136 Å². The van der Waals surface area contributed by atoms with Crippen LogP contribution in [-0.2, 0) is 42.7 Å². The van der Waals surface area contributed by atoms with Gasteiger partial charge in [-0.05, 0) is 64.2 Å². The molecule has 6 heterocycles. The van der Waals surface area contributed by atoms with Crippen molar-refractivity contribution in [3.8, 4) is 0 Å². The van der Waals surface area contributed by atoms with Crippen LogP contribution in [0.1, 0.15) is 83.5 Å². The molecule has 8 rings (SSSR count). The summed E-state index contributed by atoms with van der Waals surface area (Å²) >= 11 is 3.32. The van der Waals surface area contributed by atoms with Crippen molar-refractivity contribution in [3.63, 3.8) is 0 Å². The number of anilines is 2. The molecule has 14 nitrogen and oxygen atoms in total. The first-order valence-electron chi connectivity index (χ1n) is 21.1. The van der Waals surface area contributed by atoms with Crippen molar-refractivity contribution in [2.75, 3.05) is 11.5 Å². The monoisotopic (exact) mass is 954 g/mol. The molecule has 2 aliphatic heterocycles. The van der Waals surface area contributed by atoms with Gasteiger partial charge in [0.15, 0.2) is 17.7 Å². The van der Waals surface area contributed by atoms with Gasteiger partial charge in [-0.3, -0.25) is 0 Å². The van der Waals surface area contributed by atoms with Crippen molar-refractivity contribution >= 4 is 52.6 Å². The van der Waals surface area contributed by atoms with Crippen molar-refractivity contribution in [1.29, 1.82) is 0 Å². The number of hydrogen-bond donors (Lipinski definition) is 3. The minimum absolute atomic E-state index is 0. The number of esters is 1. The smallest absolute Gasteiger partial charge is 0.460 e. The molecule has 344 valence electrons. The average Bonchev–Trinajstić information content (AvgIpc) is 4.05.